The second-order valence-corrected chi connectivity index (χ2v) is 6.36. The lowest BCUT2D eigenvalue weighted by Crippen LogP contribution is -2.24. The third-order valence-corrected chi connectivity index (χ3v) is 4.72. The summed E-state index contributed by atoms with van der Waals surface area (Å²) in [6, 6.07) is 0.830. The molecule has 0 spiro atoms. The van der Waals surface area contributed by atoms with Gasteiger partial charge in [0, 0.05) is 25.1 Å². The summed E-state index contributed by atoms with van der Waals surface area (Å²) >= 11 is 0. The second-order valence-electron chi connectivity index (χ2n) is 6.36. The fraction of sp³-hybridized carbons (Fsp3) is 0.875. The molecule has 0 aromatic rings. The van der Waals surface area contributed by atoms with E-state index in [1.165, 1.54) is 51.4 Å². The predicted molar refractivity (Wildman–Crippen MR) is 74.6 cm³/mol. The van der Waals surface area contributed by atoms with Gasteiger partial charge >= 0.3 is 0 Å². The minimum absolute atomic E-state index is 0.697. The van der Waals surface area contributed by atoms with Gasteiger partial charge < -0.3 is 10.1 Å². The molecule has 18 heavy (non-hydrogen) atoms. The lowest BCUT2D eigenvalue weighted by molar-refractivity contribution is 0.191. The molecule has 3 aliphatic rings. The highest BCUT2D eigenvalue weighted by Gasteiger charge is 2.24. The van der Waals surface area contributed by atoms with Gasteiger partial charge in [-0.25, -0.2) is 0 Å². The van der Waals surface area contributed by atoms with E-state index in [0.717, 1.165) is 31.7 Å². The van der Waals surface area contributed by atoms with Crippen LogP contribution in [0.4, 0.5) is 0 Å². The van der Waals surface area contributed by atoms with E-state index >= 15 is 0 Å². The average Bonchev–Trinajstić information content (AvgIpc) is 3.11. The van der Waals surface area contributed by atoms with Crippen molar-refractivity contribution in [3.05, 3.63) is 11.6 Å². The molecule has 1 aliphatic heterocycles. The Balaban J connectivity index is 1.60. The Labute approximate surface area is 111 Å². The third-order valence-electron chi connectivity index (χ3n) is 4.72. The van der Waals surface area contributed by atoms with E-state index in [1.807, 2.05) is 0 Å². The number of hydrogen-bond donors (Lipinski definition) is 1. The maximum absolute atomic E-state index is 5.52. The zero-order valence-electron chi connectivity index (χ0n) is 11.5. The molecular formula is C16H27NO. The Morgan fingerprint density at radius 3 is 2.56 bits per heavy atom. The standard InChI is InChI=1S/C16H27NO/c1-2-4-14(5-3-1)15(11-17-16-6-7-16)10-13-8-9-18-12-13/h10,13-14,16-17H,1-9,11-12H2. The molecular weight excluding hydrogens is 222 g/mol. The number of rotatable bonds is 5. The molecule has 102 valence electrons. The zero-order valence-corrected chi connectivity index (χ0v) is 11.5. The summed E-state index contributed by atoms with van der Waals surface area (Å²) in [6.07, 6.45) is 13.8. The highest BCUT2D eigenvalue weighted by atomic mass is 16.5. The van der Waals surface area contributed by atoms with Crippen molar-refractivity contribution in [1.29, 1.82) is 0 Å². The molecule has 0 aromatic heterocycles. The highest BCUT2D eigenvalue weighted by molar-refractivity contribution is 5.13. The zero-order chi connectivity index (χ0) is 12.2. The van der Waals surface area contributed by atoms with Crippen LogP contribution in [0.5, 0.6) is 0 Å². The van der Waals surface area contributed by atoms with Crippen LogP contribution in [0.3, 0.4) is 0 Å². The molecule has 0 bridgehead atoms. The van der Waals surface area contributed by atoms with E-state index in [4.69, 9.17) is 4.74 Å². The van der Waals surface area contributed by atoms with Crippen LogP contribution >= 0.6 is 0 Å². The fourth-order valence-electron chi connectivity index (χ4n) is 3.35. The van der Waals surface area contributed by atoms with Crippen molar-refractivity contribution in [1.82, 2.24) is 5.32 Å². The summed E-state index contributed by atoms with van der Waals surface area (Å²) in [5.41, 5.74) is 1.71. The first kappa shape index (κ1) is 12.7. The maximum Gasteiger partial charge on any atom is 0.0529 e. The molecule has 0 radical (unpaired) electrons. The molecule has 2 heteroatoms. The van der Waals surface area contributed by atoms with E-state index in [1.54, 1.807) is 5.57 Å². The number of nitrogens with one attached hydrogen (secondary N) is 1. The molecule has 2 nitrogen and oxygen atoms in total. The summed E-state index contributed by atoms with van der Waals surface area (Å²) in [5.74, 6) is 1.56. The van der Waals surface area contributed by atoms with Crippen molar-refractivity contribution in [2.24, 2.45) is 11.8 Å². The predicted octanol–water partition coefficient (Wildman–Crippen LogP) is 3.28. The third kappa shape index (κ3) is 3.58. The van der Waals surface area contributed by atoms with E-state index in [-0.39, 0.29) is 0 Å². The van der Waals surface area contributed by atoms with Crippen LogP contribution in [0, 0.1) is 11.8 Å². The molecule has 1 saturated heterocycles. The number of ether oxygens (including phenoxy) is 1. The first-order chi connectivity index (χ1) is 8.92. The Morgan fingerprint density at radius 2 is 1.89 bits per heavy atom. The van der Waals surface area contributed by atoms with Gasteiger partial charge in [0.1, 0.15) is 0 Å². The normalized spacial score (nSPS) is 30.9. The fourth-order valence-corrected chi connectivity index (χ4v) is 3.35. The van der Waals surface area contributed by atoms with Crippen LogP contribution in [0.25, 0.3) is 0 Å². The van der Waals surface area contributed by atoms with Gasteiger partial charge in [0.15, 0.2) is 0 Å². The largest absolute Gasteiger partial charge is 0.381 e. The van der Waals surface area contributed by atoms with Gasteiger partial charge in [0.25, 0.3) is 0 Å². The van der Waals surface area contributed by atoms with Crippen LogP contribution in [0.1, 0.15) is 51.4 Å². The molecule has 1 heterocycles. The molecule has 0 aromatic carbocycles. The maximum atomic E-state index is 5.52. The quantitative estimate of drug-likeness (QED) is 0.755. The first-order valence-electron chi connectivity index (χ1n) is 7.93. The minimum atomic E-state index is 0.697. The van der Waals surface area contributed by atoms with Crippen LogP contribution in [-0.4, -0.2) is 25.8 Å². The average molecular weight is 249 g/mol. The van der Waals surface area contributed by atoms with Crippen LogP contribution < -0.4 is 5.32 Å². The van der Waals surface area contributed by atoms with Crippen LogP contribution in [-0.2, 0) is 4.74 Å². The SMILES string of the molecule is C(=C(CNC1CC1)C1CCCCC1)C1CCOC1. The van der Waals surface area contributed by atoms with Gasteiger partial charge in [-0.05, 0) is 38.0 Å². The van der Waals surface area contributed by atoms with Crippen molar-refractivity contribution in [3.63, 3.8) is 0 Å². The molecule has 0 amide bonds. The smallest absolute Gasteiger partial charge is 0.0529 e. The van der Waals surface area contributed by atoms with Gasteiger partial charge in [0.2, 0.25) is 0 Å². The molecule has 3 rings (SSSR count). The highest BCUT2D eigenvalue weighted by Crippen LogP contribution is 2.31. The van der Waals surface area contributed by atoms with Gasteiger partial charge in [-0.2, -0.15) is 0 Å². The second kappa shape index (κ2) is 6.21. The lowest BCUT2D eigenvalue weighted by Gasteiger charge is -2.26. The summed E-state index contributed by atoms with van der Waals surface area (Å²) < 4.78 is 5.52. The van der Waals surface area contributed by atoms with E-state index < -0.39 is 0 Å². The van der Waals surface area contributed by atoms with Gasteiger partial charge in [-0.3, -0.25) is 0 Å². The van der Waals surface area contributed by atoms with E-state index in [9.17, 15) is 0 Å². The Morgan fingerprint density at radius 1 is 1.06 bits per heavy atom. The Hall–Kier alpha value is -0.340. The van der Waals surface area contributed by atoms with Gasteiger partial charge in [0.05, 0.1) is 6.61 Å². The molecule has 3 fully saturated rings. The van der Waals surface area contributed by atoms with Crippen LogP contribution in [0.2, 0.25) is 0 Å². The van der Waals surface area contributed by atoms with Crippen molar-refractivity contribution < 1.29 is 4.74 Å². The molecule has 1 N–H and O–H groups in total. The topological polar surface area (TPSA) is 21.3 Å². The summed E-state index contributed by atoms with van der Waals surface area (Å²) in [7, 11) is 0. The number of hydrogen-bond acceptors (Lipinski definition) is 2. The van der Waals surface area contributed by atoms with Crippen molar-refractivity contribution in [2.75, 3.05) is 19.8 Å². The first-order valence-corrected chi connectivity index (χ1v) is 7.93. The summed E-state index contributed by atoms with van der Waals surface area (Å²) in [4.78, 5) is 0. The van der Waals surface area contributed by atoms with Gasteiger partial charge in [-0.15, -0.1) is 0 Å². The molecule has 1 atom stereocenters. The molecule has 1 unspecified atom stereocenters. The Kier molecular flexibility index (Phi) is 4.37. The van der Waals surface area contributed by atoms with Crippen LogP contribution in [0.15, 0.2) is 11.6 Å². The van der Waals surface area contributed by atoms with E-state index in [0.29, 0.717) is 5.92 Å². The monoisotopic (exact) mass is 249 g/mol. The molecule has 2 saturated carbocycles. The lowest BCUT2D eigenvalue weighted by atomic mass is 9.82. The summed E-state index contributed by atoms with van der Waals surface area (Å²) in [5, 5.41) is 3.72. The summed E-state index contributed by atoms with van der Waals surface area (Å²) in [6.45, 7) is 3.07. The molecule has 2 aliphatic carbocycles. The van der Waals surface area contributed by atoms with E-state index in [2.05, 4.69) is 11.4 Å². The Bertz CT molecular complexity index is 283. The van der Waals surface area contributed by atoms with Crippen molar-refractivity contribution in [2.45, 2.75) is 57.4 Å². The minimum Gasteiger partial charge on any atom is -0.381 e. The van der Waals surface area contributed by atoms with Gasteiger partial charge in [-0.1, -0.05) is 30.9 Å². The van der Waals surface area contributed by atoms with Crippen molar-refractivity contribution >= 4 is 0 Å². The van der Waals surface area contributed by atoms with Crippen molar-refractivity contribution in [3.8, 4) is 0 Å².